The van der Waals surface area contributed by atoms with Crippen LogP contribution in [0, 0.1) is 35.5 Å². The van der Waals surface area contributed by atoms with Crippen molar-refractivity contribution in [2.75, 3.05) is 0 Å². The van der Waals surface area contributed by atoms with E-state index in [-0.39, 0.29) is 4.33 Å². The molecule has 4 bridgehead atoms. The minimum atomic E-state index is -0.351. The van der Waals surface area contributed by atoms with Crippen molar-refractivity contribution in [1.82, 2.24) is 0 Å². The van der Waals surface area contributed by atoms with Gasteiger partial charge in [0, 0.05) is 0 Å². The fraction of sp³-hybridized carbons (Fsp3) is 1.00. The molecule has 0 aromatic heterocycles. The van der Waals surface area contributed by atoms with Crippen molar-refractivity contribution in [3.05, 3.63) is 0 Å². The summed E-state index contributed by atoms with van der Waals surface area (Å²) in [5.41, 5.74) is 0. The predicted octanol–water partition coefficient (Wildman–Crippen LogP) is 3.86. The Bertz CT molecular complexity index is 286. The van der Waals surface area contributed by atoms with Crippen LogP contribution in [0.1, 0.15) is 32.1 Å². The van der Waals surface area contributed by atoms with Crippen molar-refractivity contribution in [1.29, 1.82) is 0 Å². The first-order valence-corrected chi connectivity index (χ1v) is 6.80. The second kappa shape index (κ2) is 2.46. The summed E-state index contributed by atoms with van der Waals surface area (Å²) in [6, 6.07) is 0. The van der Waals surface area contributed by atoms with Crippen LogP contribution < -0.4 is 0 Å². The Balaban J connectivity index is 1.75. The molecule has 4 aliphatic carbocycles. The Morgan fingerprint density at radius 2 is 1.57 bits per heavy atom. The van der Waals surface area contributed by atoms with E-state index in [0.29, 0.717) is 5.92 Å². The quantitative estimate of drug-likeness (QED) is 0.438. The van der Waals surface area contributed by atoms with Crippen molar-refractivity contribution in [2.45, 2.75) is 36.4 Å². The third kappa shape index (κ3) is 0.849. The zero-order valence-corrected chi connectivity index (χ0v) is 9.77. The molecule has 2 heteroatoms. The van der Waals surface area contributed by atoms with Gasteiger partial charge >= 0.3 is 0 Å². The highest BCUT2D eigenvalue weighted by Gasteiger charge is 2.66. The van der Waals surface area contributed by atoms with E-state index in [1.165, 1.54) is 25.7 Å². The summed E-state index contributed by atoms with van der Waals surface area (Å²) in [6.07, 6.45) is 6.91. The molecular formula is C12H16Cl2. The molecule has 4 aliphatic rings. The standard InChI is InChI=1S/C12H16Cl2/c13-12(14)5-8-4-9(12)11-7-2-1-6(3-7)10(8)11/h6-11H,1-5H2. The highest BCUT2D eigenvalue weighted by Crippen LogP contribution is 2.71. The summed E-state index contributed by atoms with van der Waals surface area (Å²) >= 11 is 12.9. The zero-order valence-electron chi connectivity index (χ0n) is 8.26. The number of fused-ring (bicyclic) bond motifs is 9. The van der Waals surface area contributed by atoms with Crippen molar-refractivity contribution in [3.63, 3.8) is 0 Å². The molecule has 0 amide bonds. The number of rotatable bonds is 0. The average molecular weight is 231 g/mol. The molecule has 0 nitrogen and oxygen atoms in total. The zero-order chi connectivity index (χ0) is 9.50. The Kier molecular flexibility index (Phi) is 1.53. The molecule has 0 saturated heterocycles. The molecule has 6 atom stereocenters. The van der Waals surface area contributed by atoms with Crippen molar-refractivity contribution < 1.29 is 0 Å². The van der Waals surface area contributed by atoms with Crippen LogP contribution in [0.4, 0.5) is 0 Å². The molecule has 0 heterocycles. The van der Waals surface area contributed by atoms with E-state index in [1.54, 1.807) is 0 Å². The second-order valence-electron chi connectivity index (χ2n) is 6.06. The Morgan fingerprint density at radius 3 is 2.36 bits per heavy atom. The molecule has 0 spiro atoms. The summed E-state index contributed by atoms with van der Waals surface area (Å²) in [4.78, 5) is 0. The SMILES string of the molecule is ClC1(Cl)CC2CC1C1C3CCC(C3)C21. The summed E-state index contributed by atoms with van der Waals surface area (Å²) in [6.45, 7) is 0. The van der Waals surface area contributed by atoms with Gasteiger partial charge in [-0.3, -0.25) is 0 Å². The third-order valence-electron chi connectivity index (χ3n) is 5.69. The minimum Gasteiger partial charge on any atom is -0.101 e. The largest absolute Gasteiger partial charge is 0.121 e. The third-order valence-corrected chi connectivity index (χ3v) is 6.56. The summed E-state index contributed by atoms with van der Waals surface area (Å²) < 4.78 is -0.351. The van der Waals surface area contributed by atoms with Crippen LogP contribution in [-0.4, -0.2) is 4.33 Å². The maximum atomic E-state index is 6.43. The normalized spacial score (nSPS) is 62.1. The van der Waals surface area contributed by atoms with E-state index in [1.807, 2.05) is 0 Å². The van der Waals surface area contributed by atoms with Crippen molar-refractivity contribution >= 4 is 23.2 Å². The lowest BCUT2D eigenvalue weighted by atomic mass is 9.71. The molecule has 6 unspecified atom stereocenters. The van der Waals surface area contributed by atoms with Crippen molar-refractivity contribution in [3.8, 4) is 0 Å². The smallest absolute Gasteiger partial charge is 0.101 e. The molecule has 0 N–H and O–H groups in total. The average Bonchev–Trinajstić information content (AvgIpc) is 2.73. The van der Waals surface area contributed by atoms with E-state index in [4.69, 9.17) is 23.2 Å². The molecule has 78 valence electrons. The molecule has 0 aromatic carbocycles. The number of hydrogen-bond donors (Lipinski definition) is 0. The van der Waals surface area contributed by atoms with Gasteiger partial charge < -0.3 is 0 Å². The number of alkyl halides is 2. The van der Waals surface area contributed by atoms with Gasteiger partial charge in [-0.2, -0.15) is 0 Å². The van der Waals surface area contributed by atoms with E-state index in [9.17, 15) is 0 Å². The van der Waals surface area contributed by atoms with Gasteiger partial charge in [0.1, 0.15) is 4.33 Å². The molecule has 0 aliphatic heterocycles. The molecule has 4 fully saturated rings. The van der Waals surface area contributed by atoms with Crippen LogP contribution >= 0.6 is 23.2 Å². The van der Waals surface area contributed by atoms with E-state index in [0.717, 1.165) is 36.0 Å². The second-order valence-corrected chi connectivity index (χ2v) is 7.60. The van der Waals surface area contributed by atoms with Gasteiger partial charge in [-0.25, -0.2) is 0 Å². The van der Waals surface area contributed by atoms with Crippen LogP contribution in [0.25, 0.3) is 0 Å². The van der Waals surface area contributed by atoms with Crippen LogP contribution in [0.2, 0.25) is 0 Å². The topological polar surface area (TPSA) is 0 Å². The first kappa shape index (κ1) is 8.70. The fourth-order valence-corrected chi connectivity index (χ4v) is 6.36. The molecule has 0 radical (unpaired) electrons. The molecule has 14 heavy (non-hydrogen) atoms. The monoisotopic (exact) mass is 230 g/mol. The van der Waals surface area contributed by atoms with Gasteiger partial charge in [-0.1, -0.05) is 0 Å². The van der Waals surface area contributed by atoms with E-state index < -0.39 is 0 Å². The molecule has 0 aromatic rings. The Hall–Kier alpha value is 0.580. The van der Waals surface area contributed by atoms with Gasteiger partial charge in [0.25, 0.3) is 0 Å². The van der Waals surface area contributed by atoms with Crippen LogP contribution in [0.15, 0.2) is 0 Å². The predicted molar refractivity (Wildman–Crippen MR) is 58.5 cm³/mol. The Morgan fingerprint density at radius 1 is 0.857 bits per heavy atom. The highest BCUT2D eigenvalue weighted by molar-refractivity contribution is 6.48. The lowest BCUT2D eigenvalue weighted by Gasteiger charge is -2.40. The van der Waals surface area contributed by atoms with Crippen LogP contribution in [-0.2, 0) is 0 Å². The lowest BCUT2D eigenvalue weighted by Crippen LogP contribution is -2.37. The fourth-order valence-electron chi connectivity index (χ4n) is 5.49. The maximum Gasteiger partial charge on any atom is 0.121 e. The van der Waals surface area contributed by atoms with Gasteiger partial charge in [0.2, 0.25) is 0 Å². The van der Waals surface area contributed by atoms with E-state index >= 15 is 0 Å². The first-order valence-electron chi connectivity index (χ1n) is 6.04. The number of hydrogen-bond acceptors (Lipinski definition) is 0. The highest BCUT2D eigenvalue weighted by atomic mass is 35.5. The van der Waals surface area contributed by atoms with Crippen LogP contribution in [0.5, 0.6) is 0 Å². The number of halogens is 2. The van der Waals surface area contributed by atoms with Gasteiger partial charge in [0.05, 0.1) is 0 Å². The van der Waals surface area contributed by atoms with Crippen LogP contribution in [0.3, 0.4) is 0 Å². The van der Waals surface area contributed by atoms with Crippen molar-refractivity contribution in [2.24, 2.45) is 35.5 Å². The van der Waals surface area contributed by atoms with Gasteiger partial charge in [-0.15, -0.1) is 23.2 Å². The van der Waals surface area contributed by atoms with Gasteiger partial charge in [-0.05, 0) is 67.6 Å². The molecular weight excluding hydrogens is 215 g/mol. The summed E-state index contributed by atoms with van der Waals surface area (Å²) in [5, 5.41) is 0. The Labute approximate surface area is 95.3 Å². The minimum absolute atomic E-state index is 0.351. The lowest BCUT2D eigenvalue weighted by molar-refractivity contribution is 0.139. The maximum absolute atomic E-state index is 6.43. The molecule has 4 rings (SSSR count). The molecule has 4 saturated carbocycles. The summed E-state index contributed by atoms with van der Waals surface area (Å²) in [7, 11) is 0. The van der Waals surface area contributed by atoms with E-state index in [2.05, 4.69) is 0 Å². The first-order chi connectivity index (χ1) is 6.67. The van der Waals surface area contributed by atoms with Gasteiger partial charge in [0.15, 0.2) is 0 Å². The summed E-state index contributed by atoms with van der Waals surface area (Å²) in [5.74, 6) is 5.54.